The van der Waals surface area contributed by atoms with E-state index in [4.69, 9.17) is 4.74 Å². The molecule has 2 aromatic rings. The maximum absolute atomic E-state index is 12.3. The van der Waals surface area contributed by atoms with Gasteiger partial charge in [0.1, 0.15) is 0 Å². The van der Waals surface area contributed by atoms with Crippen molar-refractivity contribution in [2.75, 3.05) is 6.61 Å². The Morgan fingerprint density at radius 1 is 1.20 bits per heavy atom. The molecule has 0 spiro atoms. The highest BCUT2D eigenvalue weighted by atomic mass is 16.5. The third-order valence-electron chi connectivity index (χ3n) is 5.33. The Labute approximate surface area is 176 Å². The fourth-order valence-electron chi connectivity index (χ4n) is 3.64. The zero-order chi connectivity index (χ0) is 21.8. The number of aromatic nitrogens is 1. The van der Waals surface area contributed by atoms with Crippen molar-refractivity contribution in [2.45, 2.75) is 52.6 Å². The maximum atomic E-state index is 12.3. The number of amides is 1. The molecular formula is C24H28N2O4. The first-order valence-electron chi connectivity index (χ1n) is 10.2. The zero-order valence-electron chi connectivity index (χ0n) is 17.9. The summed E-state index contributed by atoms with van der Waals surface area (Å²) in [6.07, 6.45) is 5.52. The summed E-state index contributed by atoms with van der Waals surface area (Å²) in [5.41, 5.74) is 4.67. The quantitative estimate of drug-likeness (QED) is 0.406. The van der Waals surface area contributed by atoms with Gasteiger partial charge in [-0.25, -0.2) is 4.79 Å². The van der Waals surface area contributed by atoms with Crippen LogP contribution in [0.4, 0.5) is 0 Å². The molecule has 1 aromatic heterocycles. The highest BCUT2D eigenvalue weighted by molar-refractivity contribution is 5.99. The van der Waals surface area contributed by atoms with E-state index in [0.717, 1.165) is 16.8 Å². The summed E-state index contributed by atoms with van der Waals surface area (Å²) >= 11 is 0. The summed E-state index contributed by atoms with van der Waals surface area (Å²) < 4.78 is 7.42. The molecule has 6 heteroatoms. The molecule has 1 aromatic carbocycles. The Bertz CT molecular complexity index is 981. The van der Waals surface area contributed by atoms with Gasteiger partial charge in [-0.15, -0.1) is 0 Å². The van der Waals surface area contributed by atoms with Crippen LogP contribution in [-0.4, -0.2) is 28.8 Å². The highest BCUT2D eigenvalue weighted by Gasteiger charge is 2.26. The molecule has 1 aliphatic carbocycles. The third kappa shape index (κ3) is 5.26. The Hall–Kier alpha value is -3.15. The summed E-state index contributed by atoms with van der Waals surface area (Å²) in [6.45, 7) is 7.14. The number of ether oxygens (including phenoxy) is 1. The molecule has 3 rings (SSSR count). The lowest BCUT2D eigenvalue weighted by molar-refractivity contribution is -0.136. The van der Waals surface area contributed by atoms with Gasteiger partial charge in [-0.3, -0.25) is 9.59 Å². The molecule has 0 aliphatic heterocycles. The van der Waals surface area contributed by atoms with E-state index >= 15 is 0 Å². The maximum Gasteiger partial charge on any atom is 0.331 e. The average molecular weight is 408 g/mol. The number of benzene rings is 1. The predicted octanol–water partition coefficient (Wildman–Crippen LogP) is 4.08. The topological polar surface area (TPSA) is 77.4 Å². The second-order valence-electron chi connectivity index (χ2n) is 7.84. The van der Waals surface area contributed by atoms with Crippen molar-refractivity contribution in [3.8, 4) is 0 Å². The van der Waals surface area contributed by atoms with Crippen LogP contribution in [0.3, 0.4) is 0 Å². The van der Waals surface area contributed by atoms with E-state index in [1.165, 1.54) is 31.5 Å². The van der Waals surface area contributed by atoms with E-state index in [1.54, 1.807) is 30.3 Å². The second kappa shape index (κ2) is 9.11. The SMILES string of the molecule is CC(=O)N[C@H](C)c1ccc(C(=O)COC(=O)/C=C/c2cc(C)n(C3CC3)c2C)cc1. The minimum Gasteiger partial charge on any atom is -0.454 e. The lowest BCUT2D eigenvalue weighted by atomic mass is 10.0. The average Bonchev–Trinajstić information content (AvgIpc) is 3.49. The Morgan fingerprint density at radius 3 is 2.47 bits per heavy atom. The van der Waals surface area contributed by atoms with Gasteiger partial charge in [-0.1, -0.05) is 24.3 Å². The molecular weight excluding hydrogens is 380 g/mol. The van der Waals surface area contributed by atoms with E-state index in [2.05, 4.69) is 29.8 Å². The molecule has 0 bridgehead atoms. The van der Waals surface area contributed by atoms with Crippen LogP contribution < -0.4 is 5.32 Å². The fourth-order valence-corrected chi connectivity index (χ4v) is 3.64. The molecule has 1 aliphatic rings. The standard InChI is InChI=1S/C24H28N2O4/c1-15-13-21(17(3)26(15)22-10-11-22)9-12-24(29)30-14-23(28)20-7-5-19(6-8-20)16(2)25-18(4)27/h5-9,12-13,16,22H,10-11,14H2,1-4H3,(H,25,27)/b12-9+/t16-/m1/s1. The van der Waals surface area contributed by atoms with Crippen LogP contribution in [0.2, 0.25) is 0 Å². The summed E-state index contributed by atoms with van der Waals surface area (Å²) in [7, 11) is 0. The fraction of sp³-hybridized carbons (Fsp3) is 0.375. The monoisotopic (exact) mass is 408 g/mol. The number of carbonyl (C=O) groups excluding carboxylic acids is 3. The zero-order valence-corrected chi connectivity index (χ0v) is 17.9. The van der Waals surface area contributed by atoms with Crippen molar-refractivity contribution >= 4 is 23.7 Å². The minimum atomic E-state index is -0.546. The van der Waals surface area contributed by atoms with Crippen LogP contribution in [0, 0.1) is 13.8 Å². The number of nitrogens with one attached hydrogen (secondary N) is 1. The number of esters is 1. The van der Waals surface area contributed by atoms with Gasteiger partial charge in [0.2, 0.25) is 5.91 Å². The molecule has 1 amide bonds. The molecule has 1 heterocycles. The number of hydrogen-bond acceptors (Lipinski definition) is 4. The number of hydrogen-bond donors (Lipinski definition) is 1. The second-order valence-corrected chi connectivity index (χ2v) is 7.84. The van der Waals surface area contributed by atoms with Gasteiger partial charge in [0.05, 0.1) is 6.04 Å². The van der Waals surface area contributed by atoms with Gasteiger partial charge in [0, 0.05) is 36.0 Å². The number of aryl methyl sites for hydroxylation is 1. The van der Waals surface area contributed by atoms with Crippen molar-refractivity contribution in [2.24, 2.45) is 0 Å². The van der Waals surface area contributed by atoms with Gasteiger partial charge in [-0.05, 0) is 56.9 Å². The van der Waals surface area contributed by atoms with Crippen LogP contribution in [-0.2, 0) is 14.3 Å². The molecule has 1 N–H and O–H groups in total. The minimum absolute atomic E-state index is 0.114. The predicted molar refractivity (Wildman–Crippen MR) is 115 cm³/mol. The molecule has 1 fully saturated rings. The summed E-state index contributed by atoms with van der Waals surface area (Å²) in [5.74, 6) is -0.935. The number of rotatable bonds is 8. The number of ketones is 1. The Balaban J connectivity index is 1.53. The normalized spacial score (nSPS) is 14.5. The van der Waals surface area contributed by atoms with Gasteiger partial charge in [-0.2, -0.15) is 0 Å². The summed E-state index contributed by atoms with van der Waals surface area (Å²) in [6, 6.07) is 9.42. The van der Waals surface area contributed by atoms with E-state index in [9.17, 15) is 14.4 Å². The molecule has 6 nitrogen and oxygen atoms in total. The van der Waals surface area contributed by atoms with Crippen molar-refractivity contribution in [3.05, 3.63) is 64.5 Å². The van der Waals surface area contributed by atoms with Crippen LogP contribution in [0.1, 0.15) is 71.6 Å². The van der Waals surface area contributed by atoms with E-state index in [-0.39, 0.29) is 24.3 Å². The molecule has 0 unspecified atom stereocenters. The van der Waals surface area contributed by atoms with Crippen molar-refractivity contribution < 1.29 is 19.1 Å². The molecule has 0 radical (unpaired) electrons. The first-order chi connectivity index (χ1) is 14.3. The van der Waals surface area contributed by atoms with Gasteiger partial charge < -0.3 is 14.6 Å². The van der Waals surface area contributed by atoms with Gasteiger partial charge >= 0.3 is 5.97 Å². The van der Waals surface area contributed by atoms with Crippen molar-refractivity contribution in [3.63, 3.8) is 0 Å². The third-order valence-corrected chi connectivity index (χ3v) is 5.33. The smallest absolute Gasteiger partial charge is 0.331 e. The van der Waals surface area contributed by atoms with Crippen LogP contribution in [0.5, 0.6) is 0 Å². The van der Waals surface area contributed by atoms with Gasteiger partial charge in [0.15, 0.2) is 12.4 Å². The Morgan fingerprint density at radius 2 is 1.87 bits per heavy atom. The number of carbonyl (C=O) groups is 3. The number of nitrogens with zero attached hydrogens (tertiary/aromatic N) is 1. The molecule has 0 saturated heterocycles. The van der Waals surface area contributed by atoms with Crippen molar-refractivity contribution in [1.82, 2.24) is 9.88 Å². The number of Topliss-reactive ketones (excluding diaryl/α,β-unsaturated/α-hetero) is 1. The highest BCUT2D eigenvalue weighted by Crippen LogP contribution is 2.38. The van der Waals surface area contributed by atoms with E-state index in [1.807, 2.05) is 6.92 Å². The molecule has 1 atom stereocenters. The van der Waals surface area contributed by atoms with Crippen LogP contribution >= 0.6 is 0 Å². The lowest BCUT2D eigenvalue weighted by Crippen LogP contribution is -2.23. The largest absolute Gasteiger partial charge is 0.454 e. The van der Waals surface area contributed by atoms with Crippen LogP contribution in [0.15, 0.2) is 36.4 Å². The van der Waals surface area contributed by atoms with Crippen molar-refractivity contribution in [1.29, 1.82) is 0 Å². The summed E-state index contributed by atoms with van der Waals surface area (Å²) in [5, 5.41) is 2.79. The first kappa shape index (κ1) is 21.6. The molecule has 1 saturated carbocycles. The Kier molecular flexibility index (Phi) is 6.55. The van der Waals surface area contributed by atoms with Crippen LogP contribution in [0.25, 0.3) is 6.08 Å². The molecule has 30 heavy (non-hydrogen) atoms. The van der Waals surface area contributed by atoms with E-state index < -0.39 is 5.97 Å². The summed E-state index contributed by atoms with van der Waals surface area (Å²) in [4.78, 5) is 35.5. The lowest BCUT2D eigenvalue weighted by Gasteiger charge is -2.13. The first-order valence-corrected chi connectivity index (χ1v) is 10.2. The molecule has 158 valence electrons. The van der Waals surface area contributed by atoms with Gasteiger partial charge in [0.25, 0.3) is 0 Å². The van der Waals surface area contributed by atoms with E-state index in [0.29, 0.717) is 11.6 Å².